The fraction of sp³-hybridized carbons (Fsp3) is 0.250. The molecule has 0 unspecified atom stereocenters. The first-order valence-corrected chi connectivity index (χ1v) is 4.87. The molecule has 1 aromatic heterocycles. The summed E-state index contributed by atoms with van der Waals surface area (Å²) in [4.78, 5) is 4.04. The highest BCUT2D eigenvalue weighted by atomic mass is 19.1. The van der Waals surface area contributed by atoms with Crippen LogP contribution < -0.4 is 0 Å². The van der Waals surface area contributed by atoms with Crippen LogP contribution in [0.4, 0.5) is 8.78 Å². The highest BCUT2D eigenvalue weighted by Gasteiger charge is 2.10. The first kappa shape index (κ1) is 10.0. The molecule has 0 saturated carbocycles. The van der Waals surface area contributed by atoms with E-state index in [1.54, 1.807) is 18.5 Å². The third kappa shape index (κ3) is 1.58. The van der Waals surface area contributed by atoms with E-state index in [0.717, 1.165) is 17.4 Å². The lowest BCUT2D eigenvalue weighted by atomic mass is 10.0. The van der Waals surface area contributed by atoms with Crippen LogP contribution in [-0.2, 0) is 13.1 Å². The molecule has 0 aliphatic rings. The van der Waals surface area contributed by atoms with Gasteiger partial charge in [-0.15, -0.1) is 0 Å². The molecule has 0 bridgehead atoms. The largest absolute Gasteiger partial charge is 0.264 e. The first-order valence-electron chi connectivity index (χ1n) is 4.87. The molecular formula is C12H11F2N. The molecule has 15 heavy (non-hydrogen) atoms. The van der Waals surface area contributed by atoms with Gasteiger partial charge < -0.3 is 0 Å². The standard InChI is InChI=1S/C12H11F2N/c1-2-8-6-15-7-9-3-4-11(14)10(5-13)12(8)9/h3-4,6-7H,2,5H2,1H3. The number of benzene rings is 1. The van der Waals surface area contributed by atoms with E-state index in [1.165, 1.54) is 6.07 Å². The molecule has 0 fully saturated rings. The van der Waals surface area contributed by atoms with Crippen LogP contribution >= 0.6 is 0 Å². The average Bonchev–Trinajstić information content (AvgIpc) is 2.28. The summed E-state index contributed by atoms with van der Waals surface area (Å²) in [5, 5.41) is 1.47. The first-order chi connectivity index (χ1) is 7.27. The van der Waals surface area contributed by atoms with Crippen molar-refractivity contribution in [3.63, 3.8) is 0 Å². The van der Waals surface area contributed by atoms with Crippen molar-refractivity contribution >= 4 is 10.8 Å². The maximum atomic E-state index is 13.4. The summed E-state index contributed by atoms with van der Waals surface area (Å²) < 4.78 is 26.1. The second-order valence-electron chi connectivity index (χ2n) is 3.41. The van der Waals surface area contributed by atoms with Crippen LogP contribution in [0.2, 0.25) is 0 Å². The normalized spacial score (nSPS) is 10.9. The van der Waals surface area contributed by atoms with Gasteiger partial charge in [-0.25, -0.2) is 8.78 Å². The SMILES string of the molecule is CCc1cncc2ccc(F)c(CF)c12. The molecule has 1 nitrogen and oxygen atoms in total. The Labute approximate surface area is 86.8 Å². The van der Waals surface area contributed by atoms with Crippen molar-refractivity contribution < 1.29 is 8.78 Å². The van der Waals surface area contributed by atoms with Crippen LogP contribution in [0.15, 0.2) is 24.5 Å². The predicted molar refractivity (Wildman–Crippen MR) is 55.9 cm³/mol. The molecule has 0 aliphatic carbocycles. The summed E-state index contributed by atoms with van der Waals surface area (Å²) in [5.41, 5.74) is 1.03. The predicted octanol–water partition coefficient (Wildman–Crippen LogP) is 3.41. The van der Waals surface area contributed by atoms with Gasteiger partial charge in [-0.2, -0.15) is 0 Å². The number of nitrogens with zero attached hydrogens (tertiary/aromatic N) is 1. The summed E-state index contributed by atoms with van der Waals surface area (Å²) in [6.07, 6.45) is 4.02. The van der Waals surface area contributed by atoms with Crippen LogP contribution in [0.5, 0.6) is 0 Å². The number of rotatable bonds is 2. The van der Waals surface area contributed by atoms with Crippen molar-refractivity contribution in [1.29, 1.82) is 0 Å². The molecular weight excluding hydrogens is 196 g/mol. The molecule has 0 amide bonds. The quantitative estimate of drug-likeness (QED) is 0.735. The Bertz CT molecular complexity index is 494. The van der Waals surface area contributed by atoms with Crippen molar-refractivity contribution in [3.05, 3.63) is 41.5 Å². The molecule has 0 N–H and O–H groups in total. The second-order valence-corrected chi connectivity index (χ2v) is 3.41. The third-order valence-electron chi connectivity index (χ3n) is 2.57. The fourth-order valence-electron chi connectivity index (χ4n) is 1.80. The van der Waals surface area contributed by atoms with Crippen LogP contribution in [-0.4, -0.2) is 4.98 Å². The smallest absolute Gasteiger partial charge is 0.129 e. The maximum Gasteiger partial charge on any atom is 0.129 e. The van der Waals surface area contributed by atoms with Gasteiger partial charge in [0.15, 0.2) is 0 Å². The van der Waals surface area contributed by atoms with Crippen molar-refractivity contribution in [3.8, 4) is 0 Å². The number of hydrogen-bond donors (Lipinski definition) is 0. The van der Waals surface area contributed by atoms with E-state index in [9.17, 15) is 8.78 Å². The van der Waals surface area contributed by atoms with Gasteiger partial charge in [0.2, 0.25) is 0 Å². The Kier molecular flexibility index (Phi) is 2.62. The minimum Gasteiger partial charge on any atom is -0.264 e. The summed E-state index contributed by atoms with van der Waals surface area (Å²) in [6.45, 7) is 1.17. The highest BCUT2D eigenvalue weighted by Crippen LogP contribution is 2.25. The Balaban J connectivity index is 2.87. The summed E-state index contributed by atoms with van der Waals surface area (Å²) >= 11 is 0. The monoisotopic (exact) mass is 207 g/mol. The Morgan fingerprint density at radius 2 is 2.07 bits per heavy atom. The third-order valence-corrected chi connectivity index (χ3v) is 2.57. The van der Waals surface area contributed by atoms with Gasteiger partial charge in [-0.1, -0.05) is 6.92 Å². The number of hydrogen-bond acceptors (Lipinski definition) is 1. The molecule has 3 heteroatoms. The Morgan fingerprint density at radius 1 is 1.27 bits per heavy atom. The van der Waals surface area contributed by atoms with Crippen molar-refractivity contribution in [2.75, 3.05) is 0 Å². The van der Waals surface area contributed by atoms with Gasteiger partial charge >= 0.3 is 0 Å². The van der Waals surface area contributed by atoms with Gasteiger partial charge in [0.1, 0.15) is 12.5 Å². The topological polar surface area (TPSA) is 12.9 Å². The molecule has 0 atom stereocenters. The number of fused-ring (bicyclic) bond motifs is 1. The maximum absolute atomic E-state index is 13.4. The molecule has 78 valence electrons. The molecule has 2 aromatic rings. The van der Waals surface area contributed by atoms with Gasteiger partial charge in [-0.3, -0.25) is 4.98 Å². The summed E-state index contributed by atoms with van der Waals surface area (Å²) in [6, 6.07) is 2.92. The van der Waals surface area contributed by atoms with E-state index >= 15 is 0 Å². The van der Waals surface area contributed by atoms with Crippen molar-refractivity contribution in [1.82, 2.24) is 4.98 Å². The molecule has 0 aliphatic heterocycles. The lowest BCUT2D eigenvalue weighted by Crippen LogP contribution is -1.94. The number of halogens is 2. The van der Waals surface area contributed by atoms with E-state index in [4.69, 9.17) is 0 Å². The molecule has 2 rings (SSSR count). The van der Waals surface area contributed by atoms with Gasteiger partial charge in [0.25, 0.3) is 0 Å². The molecule has 1 aromatic carbocycles. The molecule has 1 heterocycles. The van der Waals surface area contributed by atoms with E-state index < -0.39 is 12.5 Å². The Morgan fingerprint density at radius 3 is 2.73 bits per heavy atom. The zero-order chi connectivity index (χ0) is 10.8. The minimum absolute atomic E-state index is 0.145. The Hall–Kier alpha value is -1.51. The lowest BCUT2D eigenvalue weighted by Gasteiger charge is -2.08. The van der Waals surface area contributed by atoms with Crippen molar-refractivity contribution in [2.24, 2.45) is 0 Å². The van der Waals surface area contributed by atoms with E-state index in [0.29, 0.717) is 5.39 Å². The molecule has 0 saturated heterocycles. The molecule has 0 radical (unpaired) electrons. The van der Waals surface area contributed by atoms with Crippen LogP contribution in [0.25, 0.3) is 10.8 Å². The number of aryl methyl sites for hydroxylation is 1. The van der Waals surface area contributed by atoms with E-state index in [-0.39, 0.29) is 5.56 Å². The zero-order valence-electron chi connectivity index (χ0n) is 8.43. The van der Waals surface area contributed by atoms with E-state index in [2.05, 4.69) is 4.98 Å². The van der Waals surface area contributed by atoms with Crippen LogP contribution in [0, 0.1) is 5.82 Å². The molecule has 0 spiro atoms. The minimum atomic E-state index is -0.778. The number of pyridine rings is 1. The zero-order valence-corrected chi connectivity index (χ0v) is 8.43. The lowest BCUT2D eigenvalue weighted by molar-refractivity contribution is 0.467. The van der Waals surface area contributed by atoms with Crippen molar-refractivity contribution in [2.45, 2.75) is 20.0 Å². The fourth-order valence-corrected chi connectivity index (χ4v) is 1.80. The van der Waals surface area contributed by atoms with Gasteiger partial charge in [0, 0.05) is 23.3 Å². The van der Waals surface area contributed by atoms with Crippen LogP contribution in [0.3, 0.4) is 0 Å². The van der Waals surface area contributed by atoms with Gasteiger partial charge in [0.05, 0.1) is 0 Å². The van der Waals surface area contributed by atoms with Crippen LogP contribution in [0.1, 0.15) is 18.1 Å². The highest BCUT2D eigenvalue weighted by molar-refractivity contribution is 5.88. The van der Waals surface area contributed by atoms with Gasteiger partial charge in [-0.05, 0) is 29.5 Å². The summed E-state index contributed by atoms with van der Waals surface area (Å²) in [5.74, 6) is -0.481. The second kappa shape index (κ2) is 3.93. The number of alkyl halides is 1. The average molecular weight is 207 g/mol. The number of aromatic nitrogens is 1. The van der Waals surface area contributed by atoms with E-state index in [1.807, 2.05) is 6.92 Å². The summed E-state index contributed by atoms with van der Waals surface area (Å²) in [7, 11) is 0.